The van der Waals surface area contributed by atoms with Crippen LogP contribution in [0.25, 0.3) is 0 Å². The van der Waals surface area contributed by atoms with Gasteiger partial charge in [0.15, 0.2) is 0 Å². The molecule has 0 radical (unpaired) electrons. The average Bonchev–Trinajstić information content (AvgIpc) is 2.83. The number of rotatable bonds is 9. The first kappa shape index (κ1) is 21.3. The second kappa shape index (κ2) is 11.7. The van der Waals surface area contributed by atoms with Gasteiger partial charge < -0.3 is 4.74 Å². The van der Waals surface area contributed by atoms with E-state index in [2.05, 4.69) is 70.2 Å². The van der Waals surface area contributed by atoms with Gasteiger partial charge in [-0.3, -0.25) is 0 Å². The molecule has 0 aromatic heterocycles. The van der Waals surface area contributed by atoms with Gasteiger partial charge in [-0.1, -0.05) is 55.9 Å². The van der Waals surface area contributed by atoms with Gasteiger partial charge in [-0.15, -0.1) is 0 Å². The fourth-order valence-electron chi connectivity index (χ4n) is 2.99. The van der Waals surface area contributed by atoms with Crippen molar-refractivity contribution in [2.75, 3.05) is 7.11 Å². The van der Waals surface area contributed by atoms with Crippen LogP contribution in [0.5, 0.6) is 0 Å². The van der Waals surface area contributed by atoms with Crippen LogP contribution < -0.4 is 0 Å². The van der Waals surface area contributed by atoms with Crippen molar-refractivity contribution in [3.05, 3.63) is 71.1 Å². The van der Waals surface area contributed by atoms with E-state index in [-0.39, 0.29) is 0 Å². The molecule has 0 spiro atoms. The Labute approximate surface area is 155 Å². The van der Waals surface area contributed by atoms with Crippen LogP contribution in [0.2, 0.25) is 0 Å². The van der Waals surface area contributed by atoms with E-state index in [0.29, 0.717) is 11.8 Å². The van der Waals surface area contributed by atoms with Crippen molar-refractivity contribution >= 4 is 0 Å². The molecule has 25 heavy (non-hydrogen) atoms. The third kappa shape index (κ3) is 7.77. The van der Waals surface area contributed by atoms with Crippen molar-refractivity contribution in [2.24, 2.45) is 11.8 Å². The number of allylic oxidation sites excluding steroid dienone is 11. The summed E-state index contributed by atoms with van der Waals surface area (Å²) < 4.78 is 5.29. The van der Waals surface area contributed by atoms with Crippen molar-refractivity contribution in [3.8, 4) is 0 Å². The van der Waals surface area contributed by atoms with Gasteiger partial charge in [0.25, 0.3) is 0 Å². The monoisotopic (exact) mass is 340 g/mol. The van der Waals surface area contributed by atoms with E-state index in [4.69, 9.17) is 4.74 Å². The van der Waals surface area contributed by atoms with Crippen molar-refractivity contribution in [1.82, 2.24) is 0 Å². The molecule has 0 bridgehead atoms. The zero-order chi connectivity index (χ0) is 18.7. The van der Waals surface area contributed by atoms with Gasteiger partial charge in [-0.2, -0.15) is 0 Å². The van der Waals surface area contributed by atoms with Crippen LogP contribution in [0.3, 0.4) is 0 Å². The summed E-state index contributed by atoms with van der Waals surface area (Å²) in [4.78, 5) is 0. The normalized spacial score (nSPS) is 18.6. The smallest absolute Gasteiger partial charge is 0.114 e. The van der Waals surface area contributed by atoms with E-state index < -0.39 is 0 Å². The highest BCUT2D eigenvalue weighted by Crippen LogP contribution is 2.25. The van der Waals surface area contributed by atoms with Gasteiger partial charge in [0.2, 0.25) is 0 Å². The SMILES string of the molecule is CC=C(C=CC(C)C(C)CCCC(=CC)C1=CC=C(C)CC=C1)OC. The largest absolute Gasteiger partial charge is 0.497 e. The van der Waals surface area contributed by atoms with E-state index in [0.717, 1.165) is 18.6 Å². The Balaban J connectivity index is 2.52. The standard InChI is InChI=1S/C24H36O/c1-7-22(23-14-9-11-19(3)15-17-23)13-10-12-20(4)21(5)16-18-24(8-2)25-6/h7-9,14-18,20-21H,10-13H2,1-6H3. The molecular formula is C24H36O. The summed E-state index contributed by atoms with van der Waals surface area (Å²) >= 11 is 0. The molecule has 0 aromatic rings. The van der Waals surface area contributed by atoms with Gasteiger partial charge in [-0.05, 0) is 81.6 Å². The quantitative estimate of drug-likeness (QED) is 0.316. The summed E-state index contributed by atoms with van der Waals surface area (Å²) in [7, 11) is 1.72. The van der Waals surface area contributed by atoms with E-state index in [1.54, 1.807) is 7.11 Å². The lowest BCUT2D eigenvalue weighted by atomic mass is 9.89. The minimum Gasteiger partial charge on any atom is -0.497 e. The molecule has 2 atom stereocenters. The fourth-order valence-corrected chi connectivity index (χ4v) is 2.99. The van der Waals surface area contributed by atoms with Gasteiger partial charge in [0, 0.05) is 0 Å². The number of hydrogen-bond acceptors (Lipinski definition) is 1. The van der Waals surface area contributed by atoms with Crippen LogP contribution in [-0.2, 0) is 4.74 Å². The van der Waals surface area contributed by atoms with Crippen LogP contribution >= 0.6 is 0 Å². The number of ether oxygens (including phenoxy) is 1. The number of methoxy groups -OCH3 is 1. The van der Waals surface area contributed by atoms with E-state index in [1.807, 2.05) is 13.0 Å². The third-order valence-electron chi connectivity index (χ3n) is 5.09. The molecule has 1 aliphatic carbocycles. The first-order chi connectivity index (χ1) is 12.0. The lowest BCUT2D eigenvalue weighted by molar-refractivity contribution is 0.305. The molecule has 0 fully saturated rings. The Kier molecular flexibility index (Phi) is 9.99. The van der Waals surface area contributed by atoms with E-state index >= 15 is 0 Å². The second-order valence-corrected chi connectivity index (χ2v) is 7.04. The van der Waals surface area contributed by atoms with Crippen LogP contribution in [-0.4, -0.2) is 7.11 Å². The summed E-state index contributed by atoms with van der Waals surface area (Å²) in [5, 5.41) is 0. The molecule has 0 N–H and O–H groups in total. The molecule has 0 aliphatic heterocycles. The molecule has 0 heterocycles. The maximum Gasteiger partial charge on any atom is 0.114 e. The molecule has 0 aromatic carbocycles. The predicted molar refractivity (Wildman–Crippen MR) is 111 cm³/mol. The minimum absolute atomic E-state index is 0.557. The van der Waals surface area contributed by atoms with Crippen molar-refractivity contribution in [2.45, 2.75) is 60.3 Å². The summed E-state index contributed by atoms with van der Waals surface area (Å²) in [6.07, 6.45) is 22.4. The minimum atomic E-state index is 0.557. The highest BCUT2D eigenvalue weighted by atomic mass is 16.5. The Hall–Kier alpha value is -1.76. The molecule has 1 rings (SSSR count). The predicted octanol–water partition coefficient (Wildman–Crippen LogP) is 7.31. The summed E-state index contributed by atoms with van der Waals surface area (Å²) in [6, 6.07) is 0. The van der Waals surface area contributed by atoms with Crippen molar-refractivity contribution in [1.29, 1.82) is 0 Å². The molecule has 1 nitrogen and oxygen atoms in total. The lowest BCUT2D eigenvalue weighted by Gasteiger charge is -2.17. The van der Waals surface area contributed by atoms with Gasteiger partial charge in [0.05, 0.1) is 7.11 Å². The fraction of sp³-hybridized carbons (Fsp3) is 0.500. The van der Waals surface area contributed by atoms with Crippen molar-refractivity contribution in [3.63, 3.8) is 0 Å². The van der Waals surface area contributed by atoms with Crippen molar-refractivity contribution < 1.29 is 4.74 Å². The maximum atomic E-state index is 5.29. The Morgan fingerprint density at radius 3 is 2.60 bits per heavy atom. The molecule has 1 aliphatic rings. The lowest BCUT2D eigenvalue weighted by Crippen LogP contribution is -2.05. The van der Waals surface area contributed by atoms with Crippen LogP contribution in [0, 0.1) is 11.8 Å². The van der Waals surface area contributed by atoms with E-state index in [1.165, 1.54) is 29.6 Å². The van der Waals surface area contributed by atoms with Gasteiger partial charge in [0.1, 0.15) is 5.76 Å². The Morgan fingerprint density at radius 1 is 1.20 bits per heavy atom. The zero-order valence-corrected chi connectivity index (χ0v) is 17.0. The molecule has 1 heteroatoms. The maximum absolute atomic E-state index is 5.29. The van der Waals surface area contributed by atoms with Gasteiger partial charge in [-0.25, -0.2) is 0 Å². The summed E-state index contributed by atoms with van der Waals surface area (Å²) in [5.41, 5.74) is 4.26. The highest BCUT2D eigenvalue weighted by Gasteiger charge is 2.10. The molecule has 0 saturated carbocycles. The number of hydrogen-bond donors (Lipinski definition) is 0. The molecule has 0 saturated heterocycles. The Bertz CT molecular complexity index is 581. The van der Waals surface area contributed by atoms with Gasteiger partial charge >= 0.3 is 0 Å². The van der Waals surface area contributed by atoms with E-state index in [9.17, 15) is 0 Å². The summed E-state index contributed by atoms with van der Waals surface area (Å²) in [6.45, 7) is 11.0. The third-order valence-corrected chi connectivity index (χ3v) is 5.09. The molecule has 0 amide bonds. The first-order valence-electron chi connectivity index (χ1n) is 9.59. The highest BCUT2D eigenvalue weighted by molar-refractivity contribution is 5.44. The average molecular weight is 341 g/mol. The zero-order valence-electron chi connectivity index (χ0n) is 17.0. The van der Waals surface area contributed by atoms with Crippen LogP contribution in [0.1, 0.15) is 60.3 Å². The topological polar surface area (TPSA) is 9.23 Å². The first-order valence-corrected chi connectivity index (χ1v) is 9.59. The Morgan fingerprint density at radius 2 is 1.96 bits per heavy atom. The molecule has 138 valence electrons. The van der Waals surface area contributed by atoms with Crippen LogP contribution in [0.15, 0.2) is 71.1 Å². The second-order valence-electron chi connectivity index (χ2n) is 7.04. The summed E-state index contributed by atoms with van der Waals surface area (Å²) in [5.74, 6) is 2.16. The molecular weight excluding hydrogens is 304 g/mol. The molecule has 2 unspecified atom stereocenters. The van der Waals surface area contributed by atoms with Crippen LogP contribution in [0.4, 0.5) is 0 Å².